The number of aromatic nitrogens is 1. The normalized spacial score (nSPS) is 10.5. The highest BCUT2D eigenvalue weighted by Crippen LogP contribution is 2.28. The molecule has 2 aromatic carbocycles. The summed E-state index contributed by atoms with van der Waals surface area (Å²) in [6.07, 6.45) is 6.03. The van der Waals surface area contributed by atoms with Crippen molar-refractivity contribution in [2.75, 3.05) is 0 Å². The van der Waals surface area contributed by atoms with Crippen molar-refractivity contribution in [1.29, 1.82) is 5.26 Å². The molecule has 0 aliphatic rings. The Morgan fingerprint density at radius 2 is 1.86 bits per heavy atom. The molecule has 0 fully saturated rings. The molecule has 0 aliphatic heterocycles. The van der Waals surface area contributed by atoms with Crippen LogP contribution in [-0.2, 0) is 6.42 Å². The van der Waals surface area contributed by atoms with Crippen molar-refractivity contribution in [2.45, 2.75) is 19.8 Å². The third-order valence-corrected chi connectivity index (χ3v) is 3.69. The number of benzene rings is 2. The fourth-order valence-corrected chi connectivity index (χ4v) is 2.61. The van der Waals surface area contributed by atoms with Crippen LogP contribution in [0, 0.1) is 11.3 Å². The van der Waals surface area contributed by atoms with Crippen LogP contribution in [0.1, 0.15) is 24.5 Å². The number of pyridine rings is 1. The van der Waals surface area contributed by atoms with E-state index < -0.39 is 0 Å². The van der Waals surface area contributed by atoms with Gasteiger partial charge < -0.3 is 0 Å². The van der Waals surface area contributed by atoms with Crippen molar-refractivity contribution >= 4 is 10.8 Å². The molecule has 21 heavy (non-hydrogen) atoms. The highest BCUT2D eigenvalue weighted by atomic mass is 14.6. The van der Waals surface area contributed by atoms with Crippen LogP contribution in [0.3, 0.4) is 0 Å². The number of fused-ring (bicyclic) bond motifs is 1. The largest absolute Gasteiger partial charge is 0.263 e. The Hall–Kier alpha value is -2.66. The number of hydrogen-bond donors (Lipinski definition) is 0. The summed E-state index contributed by atoms with van der Waals surface area (Å²) in [6, 6.07) is 16.4. The van der Waals surface area contributed by atoms with Gasteiger partial charge in [0.05, 0.1) is 11.6 Å². The standard InChI is InChI=1S/C19H16N2/c1-2-3-14-4-9-17-12-21-13-19(18(17)10-14)16-7-5-15(11-20)6-8-16/h4-10,12-13H,2-3H2,1H3. The third kappa shape index (κ3) is 2.64. The number of nitriles is 1. The SMILES string of the molecule is CCCc1ccc2cncc(-c3ccc(C#N)cc3)c2c1. The van der Waals surface area contributed by atoms with Crippen LogP contribution in [0.2, 0.25) is 0 Å². The average Bonchev–Trinajstić information content (AvgIpc) is 2.55. The Kier molecular flexibility index (Phi) is 3.66. The second-order valence-corrected chi connectivity index (χ2v) is 5.18. The maximum atomic E-state index is 8.90. The zero-order chi connectivity index (χ0) is 14.7. The van der Waals surface area contributed by atoms with Gasteiger partial charge in [0, 0.05) is 23.3 Å². The van der Waals surface area contributed by atoms with E-state index in [9.17, 15) is 0 Å². The lowest BCUT2D eigenvalue weighted by atomic mass is 9.97. The highest BCUT2D eigenvalue weighted by Gasteiger charge is 2.05. The molecule has 0 saturated carbocycles. The van der Waals surface area contributed by atoms with Crippen molar-refractivity contribution in [3.63, 3.8) is 0 Å². The van der Waals surface area contributed by atoms with E-state index in [1.807, 2.05) is 36.7 Å². The predicted octanol–water partition coefficient (Wildman–Crippen LogP) is 4.73. The molecule has 0 N–H and O–H groups in total. The summed E-state index contributed by atoms with van der Waals surface area (Å²) in [7, 11) is 0. The van der Waals surface area contributed by atoms with Gasteiger partial charge >= 0.3 is 0 Å². The molecule has 0 unspecified atom stereocenters. The molecular weight excluding hydrogens is 256 g/mol. The molecular formula is C19H16N2. The maximum absolute atomic E-state index is 8.90. The summed E-state index contributed by atoms with van der Waals surface area (Å²) >= 11 is 0. The molecule has 1 heterocycles. The lowest BCUT2D eigenvalue weighted by Gasteiger charge is -2.08. The van der Waals surface area contributed by atoms with Crippen molar-refractivity contribution in [1.82, 2.24) is 4.98 Å². The van der Waals surface area contributed by atoms with Gasteiger partial charge in [0.25, 0.3) is 0 Å². The van der Waals surface area contributed by atoms with Gasteiger partial charge in [-0.1, -0.05) is 43.7 Å². The second-order valence-electron chi connectivity index (χ2n) is 5.18. The van der Waals surface area contributed by atoms with E-state index in [0.717, 1.165) is 29.4 Å². The third-order valence-electron chi connectivity index (χ3n) is 3.69. The topological polar surface area (TPSA) is 36.7 Å². The van der Waals surface area contributed by atoms with E-state index in [1.54, 1.807) is 0 Å². The lowest BCUT2D eigenvalue weighted by Crippen LogP contribution is -1.88. The van der Waals surface area contributed by atoms with Gasteiger partial charge in [-0.15, -0.1) is 0 Å². The second kappa shape index (κ2) is 5.76. The van der Waals surface area contributed by atoms with E-state index >= 15 is 0 Å². The van der Waals surface area contributed by atoms with E-state index in [4.69, 9.17) is 5.26 Å². The Balaban J connectivity index is 2.16. The number of rotatable bonds is 3. The van der Waals surface area contributed by atoms with Crippen molar-refractivity contribution in [3.8, 4) is 17.2 Å². The van der Waals surface area contributed by atoms with Crippen LogP contribution in [0.25, 0.3) is 21.9 Å². The highest BCUT2D eigenvalue weighted by molar-refractivity contribution is 5.96. The first-order valence-electron chi connectivity index (χ1n) is 7.19. The molecule has 0 saturated heterocycles. The molecule has 3 aromatic rings. The molecule has 2 heteroatoms. The van der Waals surface area contributed by atoms with Crippen molar-refractivity contribution in [2.24, 2.45) is 0 Å². The lowest BCUT2D eigenvalue weighted by molar-refractivity contribution is 0.923. The minimum atomic E-state index is 0.679. The Morgan fingerprint density at radius 1 is 1.05 bits per heavy atom. The van der Waals surface area contributed by atoms with Gasteiger partial charge in [-0.25, -0.2) is 0 Å². The first-order chi connectivity index (χ1) is 10.3. The molecule has 2 nitrogen and oxygen atoms in total. The van der Waals surface area contributed by atoms with Crippen molar-refractivity contribution < 1.29 is 0 Å². The fourth-order valence-electron chi connectivity index (χ4n) is 2.61. The smallest absolute Gasteiger partial charge is 0.0991 e. The maximum Gasteiger partial charge on any atom is 0.0991 e. The molecule has 0 atom stereocenters. The van der Waals surface area contributed by atoms with Crippen LogP contribution in [0.4, 0.5) is 0 Å². The molecule has 0 aliphatic carbocycles. The van der Waals surface area contributed by atoms with Gasteiger partial charge in [0.1, 0.15) is 0 Å². The van der Waals surface area contributed by atoms with E-state index in [0.29, 0.717) is 5.56 Å². The van der Waals surface area contributed by atoms with Crippen LogP contribution in [-0.4, -0.2) is 4.98 Å². The van der Waals surface area contributed by atoms with Gasteiger partial charge in [0.15, 0.2) is 0 Å². The Labute approximate surface area is 124 Å². The Bertz CT molecular complexity index is 811. The molecule has 0 bridgehead atoms. The van der Waals surface area contributed by atoms with E-state index in [-0.39, 0.29) is 0 Å². The summed E-state index contributed by atoms with van der Waals surface area (Å²) in [5, 5.41) is 11.3. The summed E-state index contributed by atoms with van der Waals surface area (Å²) in [4.78, 5) is 4.34. The fraction of sp³-hybridized carbons (Fsp3) is 0.158. The molecule has 3 rings (SSSR count). The first kappa shape index (κ1) is 13.3. The predicted molar refractivity (Wildman–Crippen MR) is 85.9 cm³/mol. The van der Waals surface area contributed by atoms with E-state index in [2.05, 4.69) is 36.2 Å². The van der Waals surface area contributed by atoms with Gasteiger partial charge in [0.2, 0.25) is 0 Å². The minimum Gasteiger partial charge on any atom is -0.263 e. The zero-order valence-electron chi connectivity index (χ0n) is 12.0. The van der Waals surface area contributed by atoms with Gasteiger partial charge in [-0.2, -0.15) is 5.26 Å². The van der Waals surface area contributed by atoms with Crippen molar-refractivity contribution in [3.05, 3.63) is 66.0 Å². The van der Waals surface area contributed by atoms with Gasteiger partial charge in [-0.05, 0) is 35.1 Å². The molecule has 0 spiro atoms. The first-order valence-corrected chi connectivity index (χ1v) is 7.19. The summed E-state index contributed by atoms with van der Waals surface area (Å²) in [6.45, 7) is 2.19. The van der Waals surface area contributed by atoms with Gasteiger partial charge in [-0.3, -0.25) is 4.98 Å². The molecule has 102 valence electrons. The average molecular weight is 272 g/mol. The number of nitrogens with zero attached hydrogens (tertiary/aromatic N) is 2. The summed E-state index contributed by atoms with van der Waals surface area (Å²) in [5.74, 6) is 0. The number of aryl methyl sites for hydroxylation is 1. The molecule has 0 amide bonds. The minimum absolute atomic E-state index is 0.679. The van der Waals surface area contributed by atoms with Crippen LogP contribution in [0.5, 0.6) is 0 Å². The van der Waals surface area contributed by atoms with Crippen LogP contribution >= 0.6 is 0 Å². The Morgan fingerprint density at radius 3 is 2.57 bits per heavy atom. The summed E-state index contributed by atoms with van der Waals surface area (Å²) in [5.41, 5.74) is 4.25. The van der Waals surface area contributed by atoms with Crippen LogP contribution < -0.4 is 0 Å². The summed E-state index contributed by atoms with van der Waals surface area (Å²) < 4.78 is 0. The number of hydrogen-bond acceptors (Lipinski definition) is 2. The quantitative estimate of drug-likeness (QED) is 0.691. The van der Waals surface area contributed by atoms with E-state index in [1.165, 1.54) is 10.9 Å². The molecule has 0 radical (unpaired) electrons. The molecule has 1 aromatic heterocycles. The zero-order valence-corrected chi connectivity index (χ0v) is 12.0. The monoisotopic (exact) mass is 272 g/mol. The van der Waals surface area contributed by atoms with Crippen LogP contribution in [0.15, 0.2) is 54.9 Å².